The number of nitrogens with zero attached hydrogens (tertiary/aromatic N) is 1. The van der Waals surface area contributed by atoms with Crippen LogP contribution in [0, 0.1) is 0 Å². The molecule has 0 aromatic heterocycles. The van der Waals surface area contributed by atoms with Crippen LogP contribution in [0.1, 0.15) is 18.4 Å². The Morgan fingerprint density at radius 2 is 2.33 bits per heavy atom. The highest BCUT2D eigenvalue weighted by Crippen LogP contribution is 2.27. The van der Waals surface area contributed by atoms with Crippen molar-refractivity contribution >= 4 is 17.3 Å². The molecular weight excluding hydrogens is 248 g/mol. The monoisotopic (exact) mass is 268 g/mol. The molecule has 1 heterocycles. The number of ether oxygens (including phenoxy) is 1. The lowest BCUT2D eigenvalue weighted by Crippen LogP contribution is -2.28. The van der Waals surface area contributed by atoms with E-state index < -0.39 is 0 Å². The fourth-order valence-corrected chi connectivity index (χ4v) is 2.72. The quantitative estimate of drug-likeness (QED) is 0.892. The zero-order valence-corrected chi connectivity index (χ0v) is 11.6. The second-order valence-electron chi connectivity index (χ2n) is 4.84. The van der Waals surface area contributed by atoms with E-state index in [4.69, 9.17) is 22.1 Å². The molecule has 2 rings (SSSR count). The zero-order chi connectivity index (χ0) is 13.0. The third-order valence-electron chi connectivity index (χ3n) is 3.36. The number of halogens is 1. The molecule has 0 saturated carbocycles. The number of anilines is 1. The van der Waals surface area contributed by atoms with Gasteiger partial charge in [-0.15, -0.1) is 0 Å². The van der Waals surface area contributed by atoms with Crippen molar-refractivity contribution in [3.63, 3.8) is 0 Å². The van der Waals surface area contributed by atoms with E-state index in [0.29, 0.717) is 12.6 Å². The van der Waals surface area contributed by atoms with E-state index in [0.717, 1.165) is 36.7 Å². The number of hydrogen-bond acceptors (Lipinski definition) is 3. The Bertz CT molecular complexity index is 391. The van der Waals surface area contributed by atoms with Gasteiger partial charge < -0.3 is 15.4 Å². The van der Waals surface area contributed by atoms with Crippen LogP contribution in [0.4, 0.5) is 5.69 Å². The summed E-state index contributed by atoms with van der Waals surface area (Å²) in [5.74, 6) is 0. The number of nitrogens with two attached hydrogens (primary N) is 1. The standard InChI is InChI=1S/C14H21ClN2O/c1-17(10-12-3-2-8-18-12)14-5-4-11(6-7-16)9-13(14)15/h4-5,9,12H,2-3,6-8,10,16H2,1H3. The second-order valence-corrected chi connectivity index (χ2v) is 5.25. The van der Waals surface area contributed by atoms with Gasteiger partial charge in [0.2, 0.25) is 0 Å². The molecule has 1 unspecified atom stereocenters. The summed E-state index contributed by atoms with van der Waals surface area (Å²) >= 11 is 6.32. The first-order valence-corrected chi connectivity index (χ1v) is 6.89. The summed E-state index contributed by atoms with van der Waals surface area (Å²) < 4.78 is 5.65. The normalized spacial score (nSPS) is 19.2. The van der Waals surface area contributed by atoms with Crippen LogP contribution in [-0.2, 0) is 11.2 Å². The number of hydrogen-bond donors (Lipinski definition) is 1. The number of rotatable bonds is 5. The van der Waals surface area contributed by atoms with E-state index in [-0.39, 0.29) is 0 Å². The third-order valence-corrected chi connectivity index (χ3v) is 3.66. The lowest BCUT2D eigenvalue weighted by Gasteiger charge is -2.24. The molecule has 100 valence electrons. The Morgan fingerprint density at radius 1 is 1.50 bits per heavy atom. The minimum atomic E-state index is 0.342. The molecule has 3 nitrogen and oxygen atoms in total. The molecule has 1 saturated heterocycles. The number of likely N-dealkylation sites (N-methyl/N-ethyl adjacent to an activating group) is 1. The van der Waals surface area contributed by atoms with Crippen molar-refractivity contribution in [2.24, 2.45) is 5.73 Å². The van der Waals surface area contributed by atoms with Crippen LogP contribution in [0.25, 0.3) is 0 Å². The Balaban J connectivity index is 2.02. The van der Waals surface area contributed by atoms with Crippen molar-refractivity contribution in [3.8, 4) is 0 Å². The highest BCUT2D eigenvalue weighted by molar-refractivity contribution is 6.33. The Kier molecular flexibility index (Phi) is 4.87. The molecular formula is C14H21ClN2O. The number of benzene rings is 1. The van der Waals surface area contributed by atoms with Gasteiger partial charge in [-0.05, 0) is 43.5 Å². The molecule has 4 heteroatoms. The van der Waals surface area contributed by atoms with Crippen molar-refractivity contribution in [2.75, 3.05) is 31.6 Å². The smallest absolute Gasteiger partial charge is 0.0750 e. The van der Waals surface area contributed by atoms with Crippen LogP contribution in [0.3, 0.4) is 0 Å². The minimum absolute atomic E-state index is 0.342. The molecule has 1 aromatic carbocycles. The zero-order valence-electron chi connectivity index (χ0n) is 10.9. The Hall–Kier alpha value is -0.770. The summed E-state index contributed by atoms with van der Waals surface area (Å²) in [5.41, 5.74) is 7.80. The Morgan fingerprint density at radius 3 is 2.94 bits per heavy atom. The van der Waals surface area contributed by atoms with Gasteiger partial charge in [-0.3, -0.25) is 0 Å². The van der Waals surface area contributed by atoms with Crippen molar-refractivity contribution < 1.29 is 4.74 Å². The van der Waals surface area contributed by atoms with Crippen LogP contribution in [0.15, 0.2) is 18.2 Å². The molecule has 1 fully saturated rings. The molecule has 0 aliphatic carbocycles. The van der Waals surface area contributed by atoms with E-state index in [1.807, 2.05) is 6.07 Å². The van der Waals surface area contributed by atoms with Crippen LogP contribution >= 0.6 is 11.6 Å². The fraction of sp³-hybridized carbons (Fsp3) is 0.571. The maximum absolute atomic E-state index is 6.32. The molecule has 0 radical (unpaired) electrons. The summed E-state index contributed by atoms with van der Waals surface area (Å²) in [6.07, 6.45) is 3.53. The predicted molar refractivity (Wildman–Crippen MR) is 76.5 cm³/mol. The largest absolute Gasteiger partial charge is 0.376 e. The van der Waals surface area contributed by atoms with Gasteiger partial charge >= 0.3 is 0 Å². The fourth-order valence-electron chi connectivity index (χ4n) is 2.37. The van der Waals surface area contributed by atoms with Crippen LogP contribution in [0.5, 0.6) is 0 Å². The highest BCUT2D eigenvalue weighted by Gasteiger charge is 2.18. The second kappa shape index (κ2) is 6.41. The van der Waals surface area contributed by atoms with Gasteiger partial charge in [0.1, 0.15) is 0 Å². The highest BCUT2D eigenvalue weighted by atomic mass is 35.5. The first kappa shape index (κ1) is 13.7. The molecule has 1 aromatic rings. The molecule has 1 aliphatic rings. The summed E-state index contributed by atoms with van der Waals surface area (Å²) in [6, 6.07) is 6.18. The van der Waals surface area contributed by atoms with E-state index in [1.54, 1.807) is 0 Å². The Labute approximate surface area is 114 Å². The summed E-state index contributed by atoms with van der Waals surface area (Å²) in [4.78, 5) is 2.17. The van der Waals surface area contributed by atoms with Crippen molar-refractivity contribution in [1.82, 2.24) is 0 Å². The molecule has 1 atom stereocenters. The van der Waals surface area contributed by atoms with Gasteiger partial charge in [0, 0.05) is 20.2 Å². The lowest BCUT2D eigenvalue weighted by atomic mass is 10.1. The molecule has 2 N–H and O–H groups in total. The summed E-state index contributed by atoms with van der Waals surface area (Å²) in [5, 5.41) is 0.793. The first-order valence-electron chi connectivity index (χ1n) is 6.52. The first-order chi connectivity index (χ1) is 8.70. The lowest BCUT2D eigenvalue weighted by molar-refractivity contribution is 0.116. The van der Waals surface area contributed by atoms with E-state index in [9.17, 15) is 0 Å². The van der Waals surface area contributed by atoms with Crippen molar-refractivity contribution in [3.05, 3.63) is 28.8 Å². The van der Waals surface area contributed by atoms with Gasteiger partial charge in [0.25, 0.3) is 0 Å². The van der Waals surface area contributed by atoms with E-state index >= 15 is 0 Å². The summed E-state index contributed by atoms with van der Waals surface area (Å²) in [7, 11) is 2.06. The molecule has 0 spiro atoms. The summed E-state index contributed by atoms with van der Waals surface area (Å²) in [6.45, 7) is 2.44. The van der Waals surface area contributed by atoms with E-state index in [2.05, 4.69) is 24.1 Å². The molecule has 0 amide bonds. The van der Waals surface area contributed by atoms with Gasteiger partial charge in [-0.1, -0.05) is 17.7 Å². The average Bonchev–Trinajstić information content (AvgIpc) is 2.82. The molecule has 0 bridgehead atoms. The van der Waals surface area contributed by atoms with Gasteiger partial charge in [-0.2, -0.15) is 0 Å². The van der Waals surface area contributed by atoms with Crippen LogP contribution < -0.4 is 10.6 Å². The maximum atomic E-state index is 6.32. The maximum Gasteiger partial charge on any atom is 0.0750 e. The van der Waals surface area contributed by atoms with Gasteiger partial charge in [0.05, 0.1) is 16.8 Å². The van der Waals surface area contributed by atoms with Crippen LogP contribution in [-0.4, -0.2) is 32.8 Å². The SMILES string of the molecule is CN(CC1CCCO1)c1ccc(CCN)cc1Cl. The average molecular weight is 269 g/mol. The van der Waals surface area contributed by atoms with Gasteiger partial charge in [0.15, 0.2) is 0 Å². The third kappa shape index (κ3) is 3.37. The molecule has 1 aliphatic heterocycles. The van der Waals surface area contributed by atoms with Crippen molar-refractivity contribution in [2.45, 2.75) is 25.4 Å². The van der Waals surface area contributed by atoms with Gasteiger partial charge in [-0.25, -0.2) is 0 Å². The van der Waals surface area contributed by atoms with Crippen molar-refractivity contribution in [1.29, 1.82) is 0 Å². The molecule has 18 heavy (non-hydrogen) atoms. The minimum Gasteiger partial charge on any atom is -0.376 e. The van der Waals surface area contributed by atoms with E-state index in [1.165, 1.54) is 12.0 Å². The van der Waals surface area contributed by atoms with Crippen LogP contribution in [0.2, 0.25) is 5.02 Å². The predicted octanol–water partition coefficient (Wildman–Crippen LogP) is 2.46. The topological polar surface area (TPSA) is 38.5 Å².